The SMILES string of the molecule is CC1CCc2c(sc(NC(=O)c3nc(S(C)(=O)=O)ncc3Cl)c2C(=O)NC2CCS(=O)(=O)C2)C1. The van der Waals surface area contributed by atoms with Gasteiger partial charge in [0.15, 0.2) is 15.5 Å². The van der Waals surface area contributed by atoms with Crippen LogP contribution in [0.5, 0.6) is 0 Å². The average molecular weight is 547 g/mol. The van der Waals surface area contributed by atoms with E-state index in [4.69, 9.17) is 11.6 Å². The third-order valence-corrected chi connectivity index (χ3v) is 9.88. The molecule has 184 valence electrons. The minimum absolute atomic E-state index is 0.0235. The summed E-state index contributed by atoms with van der Waals surface area (Å²) in [6.45, 7) is 2.11. The fourth-order valence-corrected chi connectivity index (χ4v) is 7.85. The zero-order chi connectivity index (χ0) is 24.8. The fourth-order valence-electron chi connectivity index (χ4n) is 4.10. The Morgan fingerprint density at radius 3 is 2.62 bits per heavy atom. The van der Waals surface area contributed by atoms with Gasteiger partial charge in [-0.1, -0.05) is 18.5 Å². The van der Waals surface area contributed by atoms with Crippen molar-refractivity contribution in [1.82, 2.24) is 15.3 Å². The minimum Gasteiger partial charge on any atom is -0.348 e. The van der Waals surface area contributed by atoms with Crippen molar-refractivity contribution in [3.05, 3.63) is 32.9 Å². The molecule has 0 saturated carbocycles. The maximum Gasteiger partial charge on any atom is 0.276 e. The molecule has 2 unspecified atom stereocenters. The van der Waals surface area contributed by atoms with Gasteiger partial charge in [-0.25, -0.2) is 26.8 Å². The standard InChI is InChI=1S/C20H23ClN4O6S3/c1-10-3-4-12-14(7-10)32-19(15(12)17(26)23-11-5-6-34(30,31)9-11)25-18(27)16-13(21)8-22-20(24-16)33(2,28)29/h8,10-11H,3-7,9H2,1-2H3,(H,23,26)(H,25,27). The molecular weight excluding hydrogens is 524 g/mol. The molecule has 0 radical (unpaired) electrons. The first-order valence-electron chi connectivity index (χ1n) is 10.5. The lowest BCUT2D eigenvalue weighted by Crippen LogP contribution is -2.36. The van der Waals surface area contributed by atoms with Gasteiger partial charge < -0.3 is 10.6 Å². The summed E-state index contributed by atoms with van der Waals surface area (Å²) in [7, 11) is -6.95. The number of nitrogens with one attached hydrogen (secondary N) is 2. The van der Waals surface area contributed by atoms with E-state index in [1.165, 1.54) is 11.3 Å². The van der Waals surface area contributed by atoms with Gasteiger partial charge in [0.1, 0.15) is 5.00 Å². The Hall–Kier alpha value is -2.09. The summed E-state index contributed by atoms with van der Waals surface area (Å²) in [5.41, 5.74) is 0.811. The molecule has 1 aliphatic heterocycles. The molecular formula is C20H23ClN4O6S3. The van der Waals surface area contributed by atoms with Crippen molar-refractivity contribution in [2.45, 2.75) is 43.8 Å². The van der Waals surface area contributed by atoms with Crippen molar-refractivity contribution < 1.29 is 26.4 Å². The molecule has 3 heterocycles. The van der Waals surface area contributed by atoms with Gasteiger partial charge in [-0.15, -0.1) is 11.3 Å². The second-order valence-electron chi connectivity index (χ2n) is 8.70. The van der Waals surface area contributed by atoms with Crippen molar-refractivity contribution in [2.24, 2.45) is 5.92 Å². The van der Waals surface area contributed by atoms with E-state index < -0.39 is 42.7 Å². The summed E-state index contributed by atoms with van der Waals surface area (Å²) in [6, 6.07) is -0.493. The number of nitrogens with zero attached hydrogens (tertiary/aromatic N) is 2. The molecule has 2 amide bonds. The normalized spacial score (nSPS) is 21.6. The highest BCUT2D eigenvalue weighted by Gasteiger charge is 2.33. The number of aromatic nitrogens is 2. The summed E-state index contributed by atoms with van der Waals surface area (Å²) >= 11 is 7.33. The summed E-state index contributed by atoms with van der Waals surface area (Å²) in [4.78, 5) is 34.7. The van der Waals surface area contributed by atoms with Gasteiger partial charge in [-0.3, -0.25) is 9.59 Å². The highest BCUT2D eigenvalue weighted by atomic mass is 35.5. The molecule has 0 bridgehead atoms. The quantitative estimate of drug-likeness (QED) is 0.539. The number of thiophene rings is 1. The third-order valence-electron chi connectivity index (χ3n) is 5.80. The van der Waals surface area contributed by atoms with Gasteiger partial charge in [0.05, 0.1) is 28.3 Å². The van der Waals surface area contributed by atoms with Crippen LogP contribution in [-0.4, -0.2) is 62.4 Å². The molecule has 1 aliphatic carbocycles. The molecule has 10 nitrogen and oxygen atoms in total. The molecule has 2 atom stereocenters. The second kappa shape index (κ2) is 9.17. The number of hydrogen-bond acceptors (Lipinski definition) is 9. The van der Waals surface area contributed by atoms with Crippen molar-refractivity contribution in [1.29, 1.82) is 0 Å². The van der Waals surface area contributed by atoms with Crippen LogP contribution in [0.2, 0.25) is 5.02 Å². The third kappa shape index (κ3) is 5.26. The molecule has 2 aliphatic rings. The Balaban J connectivity index is 1.67. The van der Waals surface area contributed by atoms with Crippen molar-refractivity contribution in [3.8, 4) is 0 Å². The molecule has 2 N–H and O–H groups in total. The first-order chi connectivity index (χ1) is 15.8. The monoisotopic (exact) mass is 546 g/mol. The van der Waals surface area contributed by atoms with Gasteiger partial charge in [0.2, 0.25) is 15.0 Å². The van der Waals surface area contributed by atoms with E-state index in [1.54, 1.807) is 0 Å². The Morgan fingerprint density at radius 1 is 1.24 bits per heavy atom. The van der Waals surface area contributed by atoms with Crippen LogP contribution in [0.15, 0.2) is 11.4 Å². The second-order valence-corrected chi connectivity index (χ2v) is 14.4. The summed E-state index contributed by atoms with van der Waals surface area (Å²) in [5.74, 6) is -0.902. The molecule has 4 rings (SSSR count). The summed E-state index contributed by atoms with van der Waals surface area (Å²) in [6.07, 6.45) is 4.57. The molecule has 34 heavy (non-hydrogen) atoms. The Kier molecular flexibility index (Phi) is 6.75. The zero-order valence-corrected chi connectivity index (χ0v) is 21.6. The molecule has 0 aromatic carbocycles. The minimum atomic E-state index is -3.77. The van der Waals surface area contributed by atoms with E-state index in [1.807, 2.05) is 0 Å². The number of hydrogen-bond donors (Lipinski definition) is 2. The van der Waals surface area contributed by atoms with Crippen LogP contribution in [0, 0.1) is 5.92 Å². The Morgan fingerprint density at radius 2 is 1.97 bits per heavy atom. The van der Waals surface area contributed by atoms with E-state index in [2.05, 4.69) is 27.5 Å². The summed E-state index contributed by atoms with van der Waals surface area (Å²) in [5, 5.41) is 5.08. The first-order valence-corrected chi connectivity index (χ1v) is 15.4. The lowest BCUT2D eigenvalue weighted by Gasteiger charge is -2.19. The van der Waals surface area contributed by atoms with Crippen LogP contribution in [0.3, 0.4) is 0 Å². The van der Waals surface area contributed by atoms with Crippen LogP contribution >= 0.6 is 22.9 Å². The van der Waals surface area contributed by atoms with Gasteiger partial charge in [-0.2, -0.15) is 0 Å². The molecule has 2 aromatic rings. The van der Waals surface area contributed by atoms with Gasteiger partial charge in [0.25, 0.3) is 11.8 Å². The lowest BCUT2D eigenvalue weighted by molar-refractivity contribution is 0.0941. The molecule has 2 aromatic heterocycles. The number of anilines is 1. The number of rotatable bonds is 5. The fraction of sp³-hybridized carbons (Fsp3) is 0.500. The summed E-state index contributed by atoms with van der Waals surface area (Å²) < 4.78 is 47.2. The van der Waals surface area contributed by atoms with Gasteiger partial charge >= 0.3 is 0 Å². The number of carbonyl (C=O) groups excluding carboxylic acids is 2. The van der Waals surface area contributed by atoms with Gasteiger partial charge in [-0.05, 0) is 37.2 Å². The predicted octanol–water partition coefficient (Wildman–Crippen LogP) is 1.89. The van der Waals surface area contributed by atoms with E-state index in [-0.39, 0.29) is 27.2 Å². The number of carbonyl (C=O) groups is 2. The van der Waals surface area contributed by atoms with Crippen LogP contribution in [0.25, 0.3) is 0 Å². The van der Waals surface area contributed by atoms with Crippen LogP contribution in [0.4, 0.5) is 5.00 Å². The highest BCUT2D eigenvalue weighted by molar-refractivity contribution is 7.91. The average Bonchev–Trinajstić information content (AvgIpc) is 3.25. The van der Waals surface area contributed by atoms with Crippen molar-refractivity contribution >= 4 is 59.4 Å². The highest BCUT2D eigenvalue weighted by Crippen LogP contribution is 2.40. The maximum absolute atomic E-state index is 13.2. The maximum atomic E-state index is 13.2. The van der Waals surface area contributed by atoms with Gasteiger partial charge in [0, 0.05) is 17.2 Å². The van der Waals surface area contributed by atoms with Crippen LogP contribution < -0.4 is 10.6 Å². The Labute approximate surface area is 206 Å². The van der Waals surface area contributed by atoms with E-state index in [0.29, 0.717) is 24.3 Å². The van der Waals surface area contributed by atoms with E-state index in [0.717, 1.165) is 35.7 Å². The van der Waals surface area contributed by atoms with E-state index >= 15 is 0 Å². The molecule has 1 saturated heterocycles. The smallest absolute Gasteiger partial charge is 0.276 e. The van der Waals surface area contributed by atoms with Crippen LogP contribution in [0.1, 0.15) is 51.1 Å². The number of halogens is 1. The zero-order valence-electron chi connectivity index (χ0n) is 18.4. The Bertz CT molecular complexity index is 1390. The topological polar surface area (TPSA) is 152 Å². The van der Waals surface area contributed by atoms with Crippen molar-refractivity contribution in [2.75, 3.05) is 23.1 Å². The number of amides is 2. The lowest BCUT2D eigenvalue weighted by atomic mass is 9.88. The number of sulfone groups is 2. The first kappa shape index (κ1) is 25.0. The predicted molar refractivity (Wildman–Crippen MR) is 128 cm³/mol. The molecule has 1 fully saturated rings. The molecule has 14 heteroatoms. The number of fused-ring (bicyclic) bond motifs is 1. The largest absolute Gasteiger partial charge is 0.348 e. The van der Waals surface area contributed by atoms with Crippen LogP contribution in [-0.2, 0) is 32.5 Å². The molecule has 0 spiro atoms. The van der Waals surface area contributed by atoms with E-state index in [9.17, 15) is 26.4 Å². The van der Waals surface area contributed by atoms with Crippen molar-refractivity contribution in [3.63, 3.8) is 0 Å².